The molecule has 2 saturated carbocycles. The molecule has 2 aliphatic carbocycles. The molecule has 2 N–H and O–H groups in total. The van der Waals surface area contributed by atoms with E-state index < -0.39 is 10.0 Å². The van der Waals surface area contributed by atoms with E-state index in [9.17, 15) is 13.2 Å². The molecular weight excluding hydrogens is 336 g/mol. The van der Waals surface area contributed by atoms with Crippen molar-refractivity contribution in [1.82, 2.24) is 10.0 Å². The molecule has 0 heterocycles. The third-order valence-electron chi connectivity index (χ3n) is 5.10. The number of sulfonamides is 1. The Morgan fingerprint density at radius 1 is 0.960 bits per heavy atom. The number of amides is 1. The van der Waals surface area contributed by atoms with Crippen molar-refractivity contribution in [3.63, 3.8) is 0 Å². The second-order valence-electron chi connectivity index (χ2n) is 7.39. The van der Waals surface area contributed by atoms with Gasteiger partial charge in [-0.25, -0.2) is 13.1 Å². The number of benzene rings is 1. The van der Waals surface area contributed by atoms with E-state index in [0.717, 1.165) is 44.1 Å². The number of nitrogens with one attached hydrogen (secondary N) is 2. The number of rotatable bonds is 5. The quantitative estimate of drug-likeness (QED) is 0.842. The molecule has 1 aromatic rings. The van der Waals surface area contributed by atoms with Crippen LogP contribution in [-0.2, 0) is 10.0 Å². The molecule has 2 fully saturated rings. The Morgan fingerprint density at radius 3 is 2.24 bits per heavy atom. The van der Waals surface area contributed by atoms with Crippen LogP contribution in [0.5, 0.6) is 0 Å². The lowest BCUT2D eigenvalue weighted by Gasteiger charge is -2.21. The first kappa shape index (κ1) is 18.4. The minimum Gasteiger partial charge on any atom is -0.349 e. The summed E-state index contributed by atoms with van der Waals surface area (Å²) in [6.45, 7) is 1.85. The van der Waals surface area contributed by atoms with Crippen LogP contribution < -0.4 is 10.0 Å². The minimum atomic E-state index is -3.54. The molecule has 5 nitrogen and oxygen atoms in total. The van der Waals surface area contributed by atoms with Gasteiger partial charge in [0.1, 0.15) is 0 Å². The highest BCUT2D eigenvalue weighted by Gasteiger charge is 2.28. The van der Waals surface area contributed by atoms with Gasteiger partial charge in [-0.3, -0.25) is 4.79 Å². The Hall–Kier alpha value is -1.40. The minimum absolute atomic E-state index is 0.0542. The first-order valence-electron chi connectivity index (χ1n) is 9.39. The van der Waals surface area contributed by atoms with Crippen molar-refractivity contribution in [3.8, 4) is 0 Å². The van der Waals surface area contributed by atoms with Crippen molar-refractivity contribution in [2.45, 2.75) is 81.7 Å². The zero-order chi connectivity index (χ0) is 17.9. The van der Waals surface area contributed by atoms with Crippen LogP contribution in [0.1, 0.15) is 73.7 Å². The van der Waals surface area contributed by atoms with Crippen molar-refractivity contribution in [1.29, 1.82) is 0 Å². The Kier molecular flexibility index (Phi) is 5.79. The number of carbonyl (C=O) groups excluding carboxylic acids is 1. The molecular formula is C19H28N2O3S. The molecule has 0 atom stereocenters. The zero-order valence-electron chi connectivity index (χ0n) is 14.9. The van der Waals surface area contributed by atoms with Crippen molar-refractivity contribution in [3.05, 3.63) is 29.3 Å². The van der Waals surface area contributed by atoms with Crippen molar-refractivity contribution in [2.24, 2.45) is 0 Å². The monoisotopic (exact) mass is 364 g/mol. The topological polar surface area (TPSA) is 75.3 Å². The Bertz CT molecular complexity index is 718. The fourth-order valence-electron chi connectivity index (χ4n) is 3.37. The van der Waals surface area contributed by atoms with E-state index in [1.54, 1.807) is 12.1 Å². The normalized spacial score (nSPS) is 19.9. The maximum atomic E-state index is 12.7. The van der Waals surface area contributed by atoms with E-state index >= 15 is 0 Å². The van der Waals surface area contributed by atoms with Gasteiger partial charge >= 0.3 is 0 Å². The molecule has 0 spiro atoms. The summed E-state index contributed by atoms with van der Waals surface area (Å²) in [6, 6.07) is 5.05. The summed E-state index contributed by atoms with van der Waals surface area (Å²) in [4.78, 5) is 12.9. The molecule has 1 amide bonds. The third kappa shape index (κ3) is 5.05. The molecule has 0 unspecified atom stereocenters. The maximum Gasteiger partial charge on any atom is 0.251 e. The number of carbonyl (C=O) groups is 1. The molecule has 25 heavy (non-hydrogen) atoms. The highest BCUT2D eigenvalue weighted by molar-refractivity contribution is 7.89. The number of aryl methyl sites for hydroxylation is 1. The molecule has 138 valence electrons. The molecule has 0 bridgehead atoms. The van der Waals surface area contributed by atoms with E-state index in [-0.39, 0.29) is 22.9 Å². The van der Waals surface area contributed by atoms with Gasteiger partial charge in [0.25, 0.3) is 5.91 Å². The van der Waals surface area contributed by atoms with Crippen LogP contribution in [0.3, 0.4) is 0 Å². The second kappa shape index (κ2) is 7.87. The lowest BCUT2D eigenvalue weighted by atomic mass is 9.96. The number of hydrogen-bond acceptors (Lipinski definition) is 3. The standard InChI is InChI=1S/C19H28N2O3S/c1-14-9-12-17(25(23,24)21-16-10-11-16)13-18(14)19(22)20-15-7-5-3-2-4-6-8-15/h9,12-13,15-16,21H,2-8,10-11H2,1H3,(H,20,22). The number of hydrogen-bond donors (Lipinski definition) is 2. The van der Waals surface area contributed by atoms with E-state index in [4.69, 9.17) is 0 Å². The maximum absolute atomic E-state index is 12.7. The van der Waals surface area contributed by atoms with Crippen LogP contribution in [0.25, 0.3) is 0 Å². The molecule has 3 rings (SSSR count). The van der Waals surface area contributed by atoms with Gasteiger partial charge < -0.3 is 5.32 Å². The Morgan fingerprint density at radius 2 is 1.60 bits per heavy atom. The van der Waals surface area contributed by atoms with Crippen LogP contribution in [0, 0.1) is 6.92 Å². The lowest BCUT2D eigenvalue weighted by Crippen LogP contribution is -2.35. The fraction of sp³-hybridized carbons (Fsp3) is 0.632. The Balaban J connectivity index is 1.73. The summed E-state index contributed by atoms with van der Waals surface area (Å²) in [7, 11) is -3.54. The van der Waals surface area contributed by atoms with Gasteiger partial charge in [-0.15, -0.1) is 0 Å². The molecule has 2 aliphatic rings. The van der Waals surface area contributed by atoms with Crippen LogP contribution in [0.2, 0.25) is 0 Å². The summed E-state index contributed by atoms with van der Waals surface area (Å²) in [5.74, 6) is -0.161. The van der Waals surface area contributed by atoms with Crippen molar-refractivity contribution in [2.75, 3.05) is 0 Å². The van der Waals surface area contributed by atoms with E-state index in [2.05, 4.69) is 10.0 Å². The predicted octanol–water partition coefficient (Wildman–Crippen LogP) is 3.28. The largest absolute Gasteiger partial charge is 0.349 e. The highest BCUT2D eigenvalue weighted by atomic mass is 32.2. The zero-order valence-corrected chi connectivity index (χ0v) is 15.7. The average Bonchev–Trinajstić information content (AvgIpc) is 3.33. The van der Waals surface area contributed by atoms with E-state index in [0.29, 0.717) is 5.56 Å². The predicted molar refractivity (Wildman–Crippen MR) is 98.1 cm³/mol. The van der Waals surface area contributed by atoms with Gasteiger partial charge in [0, 0.05) is 17.6 Å². The van der Waals surface area contributed by atoms with Gasteiger partial charge in [-0.1, -0.05) is 38.2 Å². The van der Waals surface area contributed by atoms with Gasteiger partial charge in [0.15, 0.2) is 0 Å². The molecule has 0 aliphatic heterocycles. The summed E-state index contributed by atoms with van der Waals surface area (Å²) >= 11 is 0. The Labute approximate surface area is 150 Å². The second-order valence-corrected chi connectivity index (χ2v) is 9.10. The molecule has 0 radical (unpaired) electrons. The lowest BCUT2D eigenvalue weighted by molar-refractivity contribution is 0.0929. The SMILES string of the molecule is Cc1ccc(S(=O)(=O)NC2CC2)cc1C(=O)NC1CCCCCCC1. The van der Waals surface area contributed by atoms with Gasteiger partial charge in [-0.05, 0) is 50.3 Å². The summed E-state index contributed by atoms with van der Waals surface area (Å²) < 4.78 is 27.5. The van der Waals surface area contributed by atoms with Gasteiger partial charge in [0.2, 0.25) is 10.0 Å². The summed E-state index contributed by atoms with van der Waals surface area (Å²) in [6.07, 6.45) is 9.82. The summed E-state index contributed by atoms with van der Waals surface area (Å²) in [5, 5.41) is 3.12. The smallest absolute Gasteiger partial charge is 0.251 e. The molecule has 0 saturated heterocycles. The average molecular weight is 365 g/mol. The fourth-order valence-corrected chi connectivity index (χ4v) is 4.70. The van der Waals surface area contributed by atoms with Crippen molar-refractivity contribution >= 4 is 15.9 Å². The van der Waals surface area contributed by atoms with E-state index in [1.807, 2.05) is 6.92 Å². The van der Waals surface area contributed by atoms with Crippen LogP contribution >= 0.6 is 0 Å². The first-order chi connectivity index (χ1) is 12.0. The van der Waals surface area contributed by atoms with Crippen LogP contribution in [-0.4, -0.2) is 26.4 Å². The molecule has 6 heteroatoms. The molecule has 1 aromatic carbocycles. The van der Waals surface area contributed by atoms with Gasteiger partial charge in [-0.2, -0.15) is 0 Å². The third-order valence-corrected chi connectivity index (χ3v) is 6.62. The van der Waals surface area contributed by atoms with Crippen molar-refractivity contribution < 1.29 is 13.2 Å². The first-order valence-corrected chi connectivity index (χ1v) is 10.9. The van der Waals surface area contributed by atoms with Crippen LogP contribution in [0.15, 0.2) is 23.1 Å². The van der Waals surface area contributed by atoms with Gasteiger partial charge in [0.05, 0.1) is 4.90 Å². The van der Waals surface area contributed by atoms with E-state index in [1.165, 1.54) is 25.3 Å². The highest BCUT2D eigenvalue weighted by Crippen LogP contribution is 2.24. The molecule has 0 aromatic heterocycles. The summed E-state index contributed by atoms with van der Waals surface area (Å²) in [5.41, 5.74) is 1.26. The van der Waals surface area contributed by atoms with Crippen LogP contribution in [0.4, 0.5) is 0 Å².